The summed E-state index contributed by atoms with van der Waals surface area (Å²) in [5.41, 5.74) is 3.68. The van der Waals surface area contributed by atoms with E-state index in [1.807, 2.05) is 12.1 Å². The number of amides is 1. The van der Waals surface area contributed by atoms with Crippen LogP contribution in [0.25, 0.3) is 0 Å². The zero-order valence-corrected chi connectivity index (χ0v) is 21.4. The monoisotopic (exact) mass is 511 g/mol. The summed E-state index contributed by atoms with van der Waals surface area (Å²) in [6, 6.07) is 8.43. The van der Waals surface area contributed by atoms with E-state index in [-0.39, 0.29) is 23.4 Å². The zero-order chi connectivity index (χ0) is 23.2. The second kappa shape index (κ2) is 8.99. The number of hydrogen-bond donors (Lipinski definition) is 1. The molecule has 1 aromatic carbocycles. The highest BCUT2D eigenvalue weighted by Crippen LogP contribution is 2.38. The van der Waals surface area contributed by atoms with Crippen LogP contribution >= 0.6 is 15.9 Å². The number of piperazine rings is 1. The van der Waals surface area contributed by atoms with Crippen LogP contribution in [0, 0.1) is 0 Å². The summed E-state index contributed by atoms with van der Waals surface area (Å²) >= 11 is 3.61. The lowest BCUT2D eigenvalue weighted by atomic mass is 9.89. The molecule has 0 saturated carbocycles. The van der Waals surface area contributed by atoms with E-state index in [1.54, 1.807) is 6.33 Å². The minimum absolute atomic E-state index is 0.0675. The molecule has 7 heteroatoms. The summed E-state index contributed by atoms with van der Waals surface area (Å²) in [5.74, 6) is 1.66. The molecule has 1 aromatic heterocycles. The third-order valence-corrected chi connectivity index (χ3v) is 8.17. The second-order valence-electron chi connectivity index (χ2n) is 10.5. The fourth-order valence-corrected chi connectivity index (χ4v) is 6.29. The van der Waals surface area contributed by atoms with Crippen LogP contribution in [-0.4, -0.2) is 58.5 Å². The quantitative estimate of drug-likeness (QED) is 0.664. The van der Waals surface area contributed by atoms with Crippen molar-refractivity contribution in [2.45, 2.75) is 69.9 Å². The molecule has 2 fully saturated rings. The van der Waals surface area contributed by atoms with Crippen LogP contribution in [0.5, 0.6) is 0 Å². The molecule has 0 radical (unpaired) electrons. The molecule has 3 aliphatic rings. The van der Waals surface area contributed by atoms with Crippen molar-refractivity contribution >= 4 is 27.7 Å². The van der Waals surface area contributed by atoms with E-state index < -0.39 is 0 Å². The Kier molecular flexibility index (Phi) is 6.21. The molecule has 3 heterocycles. The van der Waals surface area contributed by atoms with Gasteiger partial charge in [-0.2, -0.15) is 0 Å². The number of carbonyl (C=O) groups is 1. The average molecular weight is 512 g/mol. The first-order valence-electron chi connectivity index (χ1n) is 12.2. The Hall–Kier alpha value is -1.99. The number of carbonyl (C=O) groups excluding carboxylic acids is 1. The third-order valence-electron chi connectivity index (χ3n) is 7.68. The van der Waals surface area contributed by atoms with Crippen LogP contribution in [0.15, 0.2) is 35.1 Å². The maximum absolute atomic E-state index is 13.9. The van der Waals surface area contributed by atoms with Gasteiger partial charge >= 0.3 is 0 Å². The molecule has 1 aliphatic carbocycles. The fourth-order valence-electron chi connectivity index (χ4n) is 5.87. The van der Waals surface area contributed by atoms with Gasteiger partial charge in [0, 0.05) is 53.5 Å². The molecule has 33 heavy (non-hydrogen) atoms. The van der Waals surface area contributed by atoms with Gasteiger partial charge < -0.3 is 15.1 Å². The van der Waals surface area contributed by atoms with Crippen molar-refractivity contribution in [3.05, 3.63) is 51.9 Å². The lowest BCUT2D eigenvalue weighted by Gasteiger charge is -2.39. The van der Waals surface area contributed by atoms with E-state index in [1.165, 1.54) is 11.3 Å². The zero-order valence-electron chi connectivity index (χ0n) is 19.9. The largest absolute Gasteiger partial charge is 0.353 e. The number of hydrogen-bond acceptors (Lipinski definition) is 5. The summed E-state index contributed by atoms with van der Waals surface area (Å²) < 4.78 is 1.02. The summed E-state index contributed by atoms with van der Waals surface area (Å²) in [7, 11) is 0. The van der Waals surface area contributed by atoms with Crippen LogP contribution in [0.3, 0.4) is 0 Å². The number of rotatable bonds is 4. The summed E-state index contributed by atoms with van der Waals surface area (Å²) in [6.07, 6.45) is 6.00. The standard InChI is InChI=1S/C26H34BrN5O/c1-17-7-8-20-22(17)24(29-16-28-20)31-11-13-32(14-12-31)25(33)23(18-5-4-6-19(27)15-18)21-9-10-26(2,3)30-21/h4-6,15-17,21,23,30H,7-14H2,1-3H3. The summed E-state index contributed by atoms with van der Waals surface area (Å²) in [5, 5.41) is 3.75. The molecule has 0 bridgehead atoms. The molecule has 1 N–H and O–H groups in total. The van der Waals surface area contributed by atoms with Crippen LogP contribution in [-0.2, 0) is 11.2 Å². The van der Waals surface area contributed by atoms with Crippen molar-refractivity contribution < 1.29 is 4.79 Å². The Labute approximate surface area is 205 Å². The van der Waals surface area contributed by atoms with Gasteiger partial charge in [0.15, 0.2) is 0 Å². The van der Waals surface area contributed by atoms with E-state index in [0.717, 1.165) is 67.7 Å². The van der Waals surface area contributed by atoms with Gasteiger partial charge in [0.1, 0.15) is 12.1 Å². The van der Waals surface area contributed by atoms with Gasteiger partial charge in [-0.15, -0.1) is 0 Å². The number of aromatic nitrogens is 2. The molecule has 6 nitrogen and oxygen atoms in total. The predicted octanol–water partition coefficient (Wildman–Crippen LogP) is 4.25. The number of fused-ring (bicyclic) bond motifs is 1. The molecule has 2 aliphatic heterocycles. The molecular formula is C26H34BrN5O. The van der Waals surface area contributed by atoms with Crippen molar-refractivity contribution in [3.8, 4) is 0 Å². The normalized spacial score (nSPS) is 25.2. The summed E-state index contributed by atoms with van der Waals surface area (Å²) in [6.45, 7) is 9.83. The highest BCUT2D eigenvalue weighted by molar-refractivity contribution is 9.10. The fraction of sp³-hybridized carbons (Fsp3) is 0.577. The number of aryl methyl sites for hydroxylation is 1. The van der Waals surface area contributed by atoms with Gasteiger partial charge in [0.25, 0.3) is 0 Å². The maximum Gasteiger partial charge on any atom is 0.231 e. The molecule has 3 unspecified atom stereocenters. The predicted molar refractivity (Wildman–Crippen MR) is 135 cm³/mol. The van der Waals surface area contributed by atoms with Gasteiger partial charge in [-0.1, -0.05) is 35.0 Å². The van der Waals surface area contributed by atoms with Gasteiger partial charge in [-0.05, 0) is 63.1 Å². The maximum atomic E-state index is 13.9. The first-order chi connectivity index (χ1) is 15.8. The molecule has 2 aromatic rings. The first-order valence-corrected chi connectivity index (χ1v) is 13.0. The van der Waals surface area contributed by atoms with Crippen LogP contribution in [0.1, 0.15) is 68.7 Å². The number of nitrogens with one attached hydrogen (secondary N) is 1. The van der Waals surface area contributed by atoms with E-state index in [2.05, 4.69) is 73.9 Å². The van der Waals surface area contributed by atoms with Crippen molar-refractivity contribution in [3.63, 3.8) is 0 Å². The number of halogens is 1. The molecule has 3 atom stereocenters. The Morgan fingerprint density at radius 3 is 2.67 bits per heavy atom. The van der Waals surface area contributed by atoms with E-state index >= 15 is 0 Å². The van der Waals surface area contributed by atoms with Gasteiger partial charge in [-0.3, -0.25) is 4.79 Å². The Bertz CT molecular complexity index is 1030. The van der Waals surface area contributed by atoms with Crippen LogP contribution in [0.4, 0.5) is 5.82 Å². The van der Waals surface area contributed by atoms with Gasteiger partial charge in [-0.25, -0.2) is 9.97 Å². The van der Waals surface area contributed by atoms with Crippen molar-refractivity contribution in [1.82, 2.24) is 20.2 Å². The molecule has 0 spiro atoms. The number of anilines is 1. The highest BCUT2D eigenvalue weighted by atomic mass is 79.9. The minimum atomic E-state index is -0.167. The van der Waals surface area contributed by atoms with Gasteiger partial charge in [0.2, 0.25) is 5.91 Å². The lowest BCUT2D eigenvalue weighted by Crippen LogP contribution is -2.53. The molecular weight excluding hydrogens is 478 g/mol. The average Bonchev–Trinajstić information content (AvgIpc) is 3.36. The molecule has 176 valence electrons. The summed E-state index contributed by atoms with van der Waals surface area (Å²) in [4.78, 5) is 27.5. The molecule has 5 rings (SSSR count). The van der Waals surface area contributed by atoms with E-state index in [0.29, 0.717) is 5.92 Å². The van der Waals surface area contributed by atoms with E-state index in [9.17, 15) is 4.79 Å². The Morgan fingerprint density at radius 2 is 1.97 bits per heavy atom. The SMILES string of the molecule is CC1CCc2ncnc(N3CCN(C(=O)C(c4cccc(Br)c4)C4CCC(C)(C)N4)CC3)c21. The number of benzene rings is 1. The first kappa shape index (κ1) is 22.8. The van der Waals surface area contributed by atoms with E-state index in [4.69, 9.17) is 0 Å². The Balaban J connectivity index is 1.34. The van der Waals surface area contributed by atoms with Crippen LogP contribution in [0.2, 0.25) is 0 Å². The molecule has 2 saturated heterocycles. The Morgan fingerprint density at radius 1 is 1.18 bits per heavy atom. The van der Waals surface area contributed by atoms with Crippen molar-refractivity contribution in [2.75, 3.05) is 31.1 Å². The highest BCUT2D eigenvalue weighted by Gasteiger charge is 2.41. The van der Waals surface area contributed by atoms with Crippen molar-refractivity contribution in [2.24, 2.45) is 0 Å². The molecule has 1 amide bonds. The second-order valence-corrected chi connectivity index (χ2v) is 11.4. The van der Waals surface area contributed by atoms with Gasteiger partial charge in [0.05, 0.1) is 5.92 Å². The van der Waals surface area contributed by atoms with Crippen molar-refractivity contribution in [1.29, 1.82) is 0 Å². The third kappa shape index (κ3) is 4.54. The number of nitrogens with zero attached hydrogens (tertiary/aromatic N) is 4. The topological polar surface area (TPSA) is 61.4 Å². The lowest BCUT2D eigenvalue weighted by molar-refractivity contribution is -0.133. The smallest absolute Gasteiger partial charge is 0.231 e. The van der Waals surface area contributed by atoms with Crippen LogP contribution < -0.4 is 10.2 Å². The minimum Gasteiger partial charge on any atom is -0.353 e.